The minimum absolute atomic E-state index is 0.181. The molecule has 138 valence electrons. The van der Waals surface area contributed by atoms with Crippen LogP contribution in [0.25, 0.3) is 16.6 Å². The fourth-order valence-electron chi connectivity index (χ4n) is 3.12. The molecular weight excluding hydrogens is 384 g/mol. The van der Waals surface area contributed by atoms with E-state index in [0.29, 0.717) is 34.1 Å². The van der Waals surface area contributed by atoms with Crippen molar-refractivity contribution in [3.8, 4) is 5.69 Å². The molecule has 1 fully saturated rings. The predicted octanol–water partition coefficient (Wildman–Crippen LogP) is 4.06. The maximum Gasteiger partial charge on any atom is 0.319 e. The number of carbonyl (C=O) groups is 1. The van der Waals surface area contributed by atoms with Crippen molar-refractivity contribution >= 4 is 40.2 Å². The number of aryl methyl sites for hydroxylation is 1. The molecule has 1 aliphatic heterocycles. The minimum Gasteiger partial charge on any atom is -0.465 e. The van der Waals surface area contributed by atoms with Crippen LogP contribution in [0.1, 0.15) is 17.5 Å². The van der Waals surface area contributed by atoms with Gasteiger partial charge in [0.25, 0.3) is 5.56 Å². The van der Waals surface area contributed by atoms with Gasteiger partial charge in [0.2, 0.25) is 0 Å². The van der Waals surface area contributed by atoms with Gasteiger partial charge in [0, 0.05) is 11.4 Å². The first-order chi connectivity index (χ1) is 13.0. The van der Waals surface area contributed by atoms with Crippen LogP contribution in [0.15, 0.2) is 46.3 Å². The summed E-state index contributed by atoms with van der Waals surface area (Å²) in [7, 11) is 0. The van der Waals surface area contributed by atoms with Crippen molar-refractivity contribution in [3.63, 3.8) is 0 Å². The van der Waals surface area contributed by atoms with Crippen LogP contribution >= 0.6 is 23.4 Å². The Morgan fingerprint density at radius 1 is 1.22 bits per heavy atom. The molecule has 0 aliphatic carbocycles. The third kappa shape index (κ3) is 3.24. The van der Waals surface area contributed by atoms with Crippen LogP contribution in [-0.4, -0.2) is 27.4 Å². The van der Waals surface area contributed by atoms with Gasteiger partial charge in [-0.15, -0.1) is 0 Å². The van der Waals surface area contributed by atoms with Gasteiger partial charge in [-0.05, 0) is 49.2 Å². The minimum atomic E-state index is -0.370. The first-order valence-corrected chi connectivity index (χ1v) is 9.83. The second-order valence-corrected chi connectivity index (χ2v) is 8.08. The van der Waals surface area contributed by atoms with Gasteiger partial charge in [-0.25, -0.2) is 4.98 Å². The third-order valence-corrected chi connectivity index (χ3v) is 6.18. The number of ether oxygens (including phenoxy) is 1. The highest BCUT2D eigenvalue weighted by atomic mass is 35.5. The quantitative estimate of drug-likeness (QED) is 0.490. The first kappa shape index (κ1) is 18.1. The second kappa shape index (κ2) is 7.02. The summed E-state index contributed by atoms with van der Waals surface area (Å²) >= 11 is 7.35. The highest BCUT2D eigenvalue weighted by molar-refractivity contribution is 8.00. The number of thioether (sulfide) groups is 1. The van der Waals surface area contributed by atoms with Crippen LogP contribution in [0.5, 0.6) is 0 Å². The number of hydrogen-bond donors (Lipinski definition) is 0. The van der Waals surface area contributed by atoms with E-state index in [2.05, 4.69) is 4.98 Å². The Bertz CT molecular complexity index is 1130. The Morgan fingerprint density at radius 2 is 2.04 bits per heavy atom. The van der Waals surface area contributed by atoms with Gasteiger partial charge in [0.05, 0.1) is 23.2 Å². The highest BCUT2D eigenvalue weighted by Gasteiger charge is 2.30. The Kier molecular flexibility index (Phi) is 4.70. The van der Waals surface area contributed by atoms with E-state index in [9.17, 15) is 9.59 Å². The Morgan fingerprint density at radius 3 is 2.78 bits per heavy atom. The molecule has 0 saturated carbocycles. The zero-order valence-electron chi connectivity index (χ0n) is 14.9. The lowest BCUT2D eigenvalue weighted by atomic mass is 10.1. The van der Waals surface area contributed by atoms with E-state index in [0.717, 1.165) is 16.8 Å². The molecule has 27 heavy (non-hydrogen) atoms. The molecule has 0 unspecified atom stereocenters. The SMILES string of the molecule is Cc1cccc(-n2c(S[C@H]3CCOC3=O)nc3cc(Cl)ccc3c2=O)c1C. The zero-order chi connectivity index (χ0) is 19.1. The van der Waals surface area contributed by atoms with Crippen molar-refractivity contribution in [2.75, 3.05) is 6.61 Å². The molecule has 1 aromatic heterocycles. The number of benzene rings is 2. The fourth-order valence-corrected chi connectivity index (χ4v) is 4.36. The van der Waals surface area contributed by atoms with Gasteiger partial charge >= 0.3 is 5.97 Å². The van der Waals surface area contributed by atoms with E-state index in [4.69, 9.17) is 16.3 Å². The summed E-state index contributed by atoms with van der Waals surface area (Å²) in [4.78, 5) is 30.0. The van der Waals surface area contributed by atoms with Gasteiger partial charge < -0.3 is 4.74 Å². The number of cyclic esters (lactones) is 1. The van der Waals surface area contributed by atoms with Crippen molar-refractivity contribution in [2.24, 2.45) is 0 Å². The Hall–Kier alpha value is -2.31. The van der Waals surface area contributed by atoms with Crippen LogP contribution in [0.4, 0.5) is 0 Å². The molecule has 1 saturated heterocycles. The topological polar surface area (TPSA) is 61.2 Å². The largest absolute Gasteiger partial charge is 0.465 e. The summed E-state index contributed by atoms with van der Waals surface area (Å²) in [5.41, 5.74) is 3.16. The summed E-state index contributed by atoms with van der Waals surface area (Å²) in [6, 6.07) is 10.8. The number of carbonyl (C=O) groups excluding carboxylic acids is 1. The van der Waals surface area contributed by atoms with Gasteiger partial charge in [-0.3, -0.25) is 14.2 Å². The van der Waals surface area contributed by atoms with E-state index in [1.54, 1.807) is 22.8 Å². The highest BCUT2D eigenvalue weighted by Crippen LogP contribution is 2.31. The number of nitrogens with zero attached hydrogens (tertiary/aromatic N) is 2. The molecule has 0 radical (unpaired) electrons. The van der Waals surface area contributed by atoms with Crippen molar-refractivity contribution in [3.05, 3.63) is 62.9 Å². The molecule has 5 nitrogen and oxygen atoms in total. The molecule has 0 N–H and O–H groups in total. The van der Waals surface area contributed by atoms with Crippen LogP contribution in [0.2, 0.25) is 5.02 Å². The average molecular weight is 401 g/mol. The summed E-state index contributed by atoms with van der Waals surface area (Å²) in [5.74, 6) is -0.270. The molecule has 7 heteroatoms. The lowest BCUT2D eigenvalue weighted by Gasteiger charge is -2.17. The lowest BCUT2D eigenvalue weighted by molar-refractivity contribution is -0.137. The molecule has 2 aromatic carbocycles. The maximum absolute atomic E-state index is 13.3. The van der Waals surface area contributed by atoms with Crippen molar-refractivity contribution < 1.29 is 9.53 Å². The van der Waals surface area contributed by atoms with Gasteiger partial charge in [0.1, 0.15) is 5.25 Å². The molecule has 2 heterocycles. The Labute approximate surface area is 165 Å². The van der Waals surface area contributed by atoms with Crippen molar-refractivity contribution in [1.29, 1.82) is 0 Å². The molecular formula is C20H17ClN2O3S. The van der Waals surface area contributed by atoms with Crippen LogP contribution in [-0.2, 0) is 9.53 Å². The molecule has 4 rings (SSSR count). The number of halogens is 1. The summed E-state index contributed by atoms with van der Waals surface area (Å²) in [6.45, 7) is 4.37. The summed E-state index contributed by atoms with van der Waals surface area (Å²) in [6.07, 6.45) is 0.597. The first-order valence-electron chi connectivity index (χ1n) is 8.58. The molecule has 0 amide bonds. The average Bonchev–Trinajstić information content (AvgIpc) is 3.03. The molecule has 0 bridgehead atoms. The smallest absolute Gasteiger partial charge is 0.319 e. The van der Waals surface area contributed by atoms with Gasteiger partial charge in [-0.1, -0.05) is 35.5 Å². The molecule has 1 aliphatic rings. The second-order valence-electron chi connectivity index (χ2n) is 6.48. The molecule has 1 atom stereocenters. The third-order valence-electron chi connectivity index (χ3n) is 4.75. The predicted molar refractivity (Wildman–Crippen MR) is 107 cm³/mol. The van der Waals surface area contributed by atoms with Crippen molar-refractivity contribution in [1.82, 2.24) is 9.55 Å². The molecule has 0 spiro atoms. The van der Waals surface area contributed by atoms with Crippen LogP contribution in [0, 0.1) is 13.8 Å². The number of hydrogen-bond acceptors (Lipinski definition) is 5. The Balaban J connectivity index is 1.99. The summed E-state index contributed by atoms with van der Waals surface area (Å²) < 4.78 is 6.66. The van der Waals surface area contributed by atoms with E-state index < -0.39 is 0 Å². The number of aromatic nitrogens is 2. The normalized spacial score (nSPS) is 16.7. The number of fused-ring (bicyclic) bond motifs is 1. The maximum atomic E-state index is 13.3. The van der Waals surface area contributed by atoms with Crippen molar-refractivity contribution in [2.45, 2.75) is 30.7 Å². The zero-order valence-corrected chi connectivity index (χ0v) is 16.4. The van der Waals surface area contributed by atoms with E-state index in [1.807, 2.05) is 32.0 Å². The van der Waals surface area contributed by atoms with E-state index in [-0.39, 0.29) is 16.8 Å². The fraction of sp³-hybridized carbons (Fsp3) is 0.250. The standard InChI is InChI=1S/C20H17ClN2O3S/c1-11-4-3-5-16(12(11)2)23-18(24)14-7-6-13(21)10-15(14)22-20(23)27-17-8-9-26-19(17)25/h3-7,10,17H,8-9H2,1-2H3/t17-/m0/s1. The number of rotatable bonds is 3. The number of esters is 1. The van der Waals surface area contributed by atoms with E-state index >= 15 is 0 Å². The van der Waals surface area contributed by atoms with Gasteiger partial charge in [0.15, 0.2) is 5.16 Å². The lowest BCUT2D eigenvalue weighted by Crippen LogP contribution is -2.24. The van der Waals surface area contributed by atoms with Gasteiger partial charge in [-0.2, -0.15) is 0 Å². The summed E-state index contributed by atoms with van der Waals surface area (Å²) in [5, 5.41) is 1.09. The molecule has 3 aromatic rings. The van der Waals surface area contributed by atoms with E-state index in [1.165, 1.54) is 11.8 Å². The monoisotopic (exact) mass is 400 g/mol. The van der Waals surface area contributed by atoms with Crippen LogP contribution < -0.4 is 5.56 Å². The van der Waals surface area contributed by atoms with Crippen LogP contribution in [0.3, 0.4) is 0 Å².